The van der Waals surface area contributed by atoms with Crippen molar-refractivity contribution in [3.63, 3.8) is 0 Å². The maximum absolute atomic E-state index is 12.1. The third-order valence-corrected chi connectivity index (χ3v) is 4.20. The lowest BCUT2D eigenvalue weighted by molar-refractivity contribution is -0.384. The Labute approximate surface area is 165 Å². The Hall–Kier alpha value is -4.01. The van der Waals surface area contributed by atoms with Gasteiger partial charge in [-0.25, -0.2) is 4.68 Å². The van der Waals surface area contributed by atoms with Gasteiger partial charge in [0.2, 0.25) is 0 Å². The molecule has 0 fully saturated rings. The number of carbonyl (C=O) groups is 1. The quantitative estimate of drug-likeness (QED) is 0.485. The second kappa shape index (κ2) is 8.79. The van der Waals surface area contributed by atoms with Crippen molar-refractivity contribution in [3.05, 3.63) is 86.7 Å². The minimum atomic E-state index is -0.532. The van der Waals surface area contributed by atoms with E-state index in [1.165, 1.54) is 35.0 Å². The molecule has 1 amide bonds. The van der Waals surface area contributed by atoms with Crippen LogP contribution in [0.25, 0.3) is 11.3 Å². The highest BCUT2D eigenvalue weighted by atomic mass is 16.6. The number of nitro benzene ring substituents is 1. The monoisotopic (exact) mass is 394 g/mol. The van der Waals surface area contributed by atoms with Gasteiger partial charge in [-0.3, -0.25) is 19.7 Å². The molecule has 0 bridgehead atoms. The Morgan fingerprint density at radius 1 is 1.10 bits per heavy atom. The van der Waals surface area contributed by atoms with Crippen molar-refractivity contribution < 1.29 is 14.5 Å². The van der Waals surface area contributed by atoms with Gasteiger partial charge in [0.15, 0.2) is 0 Å². The number of rotatable bonds is 7. The van der Waals surface area contributed by atoms with E-state index in [0.29, 0.717) is 11.3 Å². The molecule has 0 aliphatic carbocycles. The Morgan fingerprint density at radius 3 is 2.41 bits per heavy atom. The lowest BCUT2D eigenvalue weighted by Gasteiger charge is -2.09. The van der Waals surface area contributed by atoms with Crippen molar-refractivity contribution in [2.24, 2.45) is 0 Å². The fourth-order valence-corrected chi connectivity index (χ4v) is 2.64. The van der Waals surface area contributed by atoms with Crippen molar-refractivity contribution in [3.8, 4) is 17.0 Å². The maximum Gasteiger partial charge on any atom is 0.269 e. The zero-order chi connectivity index (χ0) is 20.8. The number of methoxy groups -OCH3 is 1. The van der Waals surface area contributed by atoms with E-state index in [1.807, 2.05) is 12.1 Å². The van der Waals surface area contributed by atoms with Crippen LogP contribution in [0.15, 0.2) is 65.5 Å². The first-order valence-electron chi connectivity index (χ1n) is 8.73. The number of carbonyl (C=O) groups excluding carboxylic acids is 1. The highest BCUT2D eigenvalue weighted by Crippen LogP contribution is 2.19. The van der Waals surface area contributed by atoms with E-state index < -0.39 is 4.92 Å². The average molecular weight is 394 g/mol. The Kier molecular flexibility index (Phi) is 5.98. The molecule has 0 spiro atoms. The van der Waals surface area contributed by atoms with Gasteiger partial charge in [0.05, 0.1) is 24.3 Å². The molecule has 2 aromatic carbocycles. The lowest BCUT2D eigenvalue weighted by Crippen LogP contribution is -2.31. The van der Waals surface area contributed by atoms with Crippen LogP contribution < -0.4 is 15.6 Å². The zero-order valence-corrected chi connectivity index (χ0v) is 15.6. The first kappa shape index (κ1) is 19.7. The van der Waals surface area contributed by atoms with Crippen LogP contribution in [-0.4, -0.2) is 34.3 Å². The SMILES string of the molecule is COc1ccc(-c2ccc(=O)n(CCNC(=O)c3ccc([N+](=O)[O-])cc3)n2)cc1. The number of hydrogen-bond donors (Lipinski definition) is 1. The minimum Gasteiger partial charge on any atom is -0.497 e. The molecule has 0 radical (unpaired) electrons. The normalized spacial score (nSPS) is 10.4. The number of hydrogen-bond acceptors (Lipinski definition) is 6. The van der Waals surface area contributed by atoms with E-state index in [0.717, 1.165) is 11.3 Å². The van der Waals surface area contributed by atoms with Crippen molar-refractivity contribution in [1.29, 1.82) is 0 Å². The summed E-state index contributed by atoms with van der Waals surface area (Å²) >= 11 is 0. The molecule has 0 saturated carbocycles. The smallest absolute Gasteiger partial charge is 0.269 e. The molecule has 0 aliphatic rings. The number of ether oxygens (including phenoxy) is 1. The summed E-state index contributed by atoms with van der Waals surface area (Å²) in [6, 6.07) is 15.6. The molecular weight excluding hydrogens is 376 g/mol. The number of aromatic nitrogens is 2. The highest BCUT2D eigenvalue weighted by Gasteiger charge is 2.10. The second-order valence-corrected chi connectivity index (χ2v) is 6.07. The molecule has 0 aliphatic heterocycles. The van der Waals surface area contributed by atoms with Crippen molar-refractivity contribution in [2.75, 3.05) is 13.7 Å². The average Bonchev–Trinajstić information content (AvgIpc) is 2.75. The third-order valence-electron chi connectivity index (χ3n) is 4.20. The summed E-state index contributed by atoms with van der Waals surface area (Å²) in [6.07, 6.45) is 0. The van der Waals surface area contributed by atoms with Gasteiger partial charge in [0.25, 0.3) is 17.2 Å². The van der Waals surface area contributed by atoms with Crippen molar-refractivity contribution >= 4 is 11.6 Å². The van der Waals surface area contributed by atoms with E-state index in [1.54, 1.807) is 25.3 Å². The molecule has 148 valence electrons. The van der Waals surface area contributed by atoms with Gasteiger partial charge in [0, 0.05) is 35.9 Å². The molecule has 0 unspecified atom stereocenters. The van der Waals surface area contributed by atoms with E-state index in [-0.39, 0.29) is 30.2 Å². The maximum atomic E-state index is 12.1. The summed E-state index contributed by atoms with van der Waals surface area (Å²) in [5.41, 5.74) is 1.37. The molecule has 3 aromatic rings. The van der Waals surface area contributed by atoms with Gasteiger partial charge < -0.3 is 10.1 Å². The minimum absolute atomic E-state index is 0.0901. The van der Waals surface area contributed by atoms with Crippen LogP contribution in [0.3, 0.4) is 0 Å². The summed E-state index contributed by atoms with van der Waals surface area (Å²) in [5.74, 6) is 0.329. The number of nitro groups is 1. The molecule has 0 atom stereocenters. The number of amides is 1. The fraction of sp³-hybridized carbons (Fsp3) is 0.150. The molecule has 0 saturated heterocycles. The summed E-state index contributed by atoms with van der Waals surface area (Å²) in [5, 5.41) is 17.7. The molecule has 1 aromatic heterocycles. The van der Waals surface area contributed by atoms with Crippen LogP contribution in [0.4, 0.5) is 5.69 Å². The van der Waals surface area contributed by atoms with E-state index in [9.17, 15) is 19.7 Å². The predicted octanol–water partition coefficient (Wildman–Crippen LogP) is 2.26. The van der Waals surface area contributed by atoms with Gasteiger partial charge in [-0.2, -0.15) is 5.10 Å². The standard InChI is InChI=1S/C20H18N4O5/c1-29-17-8-4-14(5-9-17)18-10-11-19(25)23(22-18)13-12-21-20(26)15-2-6-16(7-3-15)24(27)28/h2-11H,12-13H2,1H3,(H,21,26). The molecule has 9 heteroatoms. The summed E-state index contributed by atoms with van der Waals surface area (Å²) in [7, 11) is 1.58. The summed E-state index contributed by atoms with van der Waals surface area (Å²) in [6.45, 7) is 0.357. The third kappa shape index (κ3) is 4.83. The first-order chi connectivity index (χ1) is 14.0. The number of benzene rings is 2. The first-order valence-corrected chi connectivity index (χ1v) is 8.73. The molecule has 1 N–H and O–H groups in total. The lowest BCUT2D eigenvalue weighted by atomic mass is 10.1. The number of non-ortho nitro benzene ring substituents is 1. The number of nitrogens with one attached hydrogen (secondary N) is 1. The Morgan fingerprint density at radius 2 is 1.79 bits per heavy atom. The van der Waals surface area contributed by atoms with Gasteiger partial charge in [0.1, 0.15) is 5.75 Å². The largest absolute Gasteiger partial charge is 0.497 e. The molecule has 9 nitrogen and oxygen atoms in total. The second-order valence-electron chi connectivity index (χ2n) is 6.07. The summed E-state index contributed by atoms with van der Waals surface area (Å²) in [4.78, 5) is 34.3. The predicted molar refractivity (Wildman–Crippen MR) is 106 cm³/mol. The highest BCUT2D eigenvalue weighted by molar-refractivity contribution is 5.94. The number of nitrogens with zero attached hydrogens (tertiary/aromatic N) is 3. The van der Waals surface area contributed by atoms with Gasteiger partial charge in [-0.1, -0.05) is 0 Å². The van der Waals surface area contributed by atoms with Crippen molar-refractivity contribution in [2.45, 2.75) is 6.54 Å². The van der Waals surface area contributed by atoms with Crippen LogP contribution in [0, 0.1) is 10.1 Å². The van der Waals surface area contributed by atoms with Crippen LogP contribution in [-0.2, 0) is 6.54 Å². The van der Waals surface area contributed by atoms with Crippen LogP contribution in [0.1, 0.15) is 10.4 Å². The molecule has 29 heavy (non-hydrogen) atoms. The molecule has 1 heterocycles. The van der Waals surface area contributed by atoms with Crippen molar-refractivity contribution in [1.82, 2.24) is 15.1 Å². The Balaban J connectivity index is 1.64. The fourth-order valence-electron chi connectivity index (χ4n) is 2.64. The molecular formula is C20H18N4O5. The summed E-state index contributed by atoms with van der Waals surface area (Å²) < 4.78 is 6.40. The van der Waals surface area contributed by atoms with Crippen LogP contribution >= 0.6 is 0 Å². The van der Waals surface area contributed by atoms with Crippen LogP contribution in [0.2, 0.25) is 0 Å². The van der Waals surface area contributed by atoms with Crippen LogP contribution in [0.5, 0.6) is 5.75 Å². The van der Waals surface area contributed by atoms with E-state index in [2.05, 4.69) is 10.4 Å². The van der Waals surface area contributed by atoms with Gasteiger partial charge in [-0.05, 0) is 42.5 Å². The zero-order valence-electron chi connectivity index (χ0n) is 15.6. The molecule has 3 rings (SSSR count). The van der Waals surface area contributed by atoms with E-state index in [4.69, 9.17) is 4.74 Å². The van der Waals surface area contributed by atoms with E-state index >= 15 is 0 Å². The Bertz CT molecular complexity index is 1080. The topological polar surface area (TPSA) is 116 Å². The van der Waals surface area contributed by atoms with Gasteiger partial charge >= 0.3 is 0 Å². The van der Waals surface area contributed by atoms with Gasteiger partial charge in [-0.15, -0.1) is 0 Å².